The van der Waals surface area contributed by atoms with Crippen LogP contribution in [0.25, 0.3) is 0 Å². The summed E-state index contributed by atoms with van der Waals surface area (Å²) in [5.41, 5.74) is 1.20. The average Bonchev–Trinajstić information content (AvgIpc) is 2.42. The molecule has 1 aromatic carbocycles. The van der Waals surface area contributed by atoms with Crippen LogP contribution in [0.2, 0.25) is 0 Å². The maximum absolute atomic E-state index is 11.2. The Morgan fingerprint density at radius 2 is 1.68 bits per heavy atom. The smallest absolute Gasteiger partial charge is 0.160 e. The van der Waals surface area contributed by atoms with E-state index in [4.69, 9.17) is 9.47 Å². The number of benzene rings is 1. The van der Waals surface area contributed by atoms with Gasteiger partial charge in [0.25, 0.3) is 0 Å². The predicted octanol–water partition coefficient (Wildman–Crippen LogP) is 3.64. The molecule has 1 rings (SSSR count). The highest BCUT2D eigenvalue weighted by molar-refractivity contribution is 5.81. The Hall–Kier alpha value is -1.35. The minimum Gasteiger partial charge on any atom is -0.491 e. The number of ketones is 1. The van der Waals surface area contributed by atoms with Gasteiger partial charge < -0.3 is 9.47 Å². The van der Waals surface area contributed by atoms with E-state index in [1.807, 2.05) is 58.9 Å². The van der Waals surface area contributed by atoms with E-state index in [0.29, 0.717) is 13.2 Å². The van der Waals surface area contributed by atoms with Crippen molar-refractivity contribution < 1.29 is 14.3 Å². The van der Waals surface area contributed by atoms with Crippen LogP contribution in [-0.2, 0) is 9.53 Å². The lowest BCUT2D eigenvalue weighted by Crippen LogP contribution is -2.17. The Kier molecular flexibility index (Phi) is 9.81. The Morgan fingerprint density at radius 1 is 1.11 bits per heavy atom. The molecule has 0 bridgehead atoms. The van der Waals surface area contributed by atoms with Gasteiger partial charge in [0.05, 0.1) is 6.61 Å². The van der Waals surface area contributed by atoms with Gasteiger partial charge in [-0.3, -0.25) is 4.79 Å². The van der Waals surface area contributed by atoms with Crippen molar-refractivity contribution in [3.8, 4) is 5.75 Å². The zero-order valence-corrected chi connectivity index (χ0v) is 12.7. The summed E-state index contributed by atoms with van der Waals surface area (Å²) in [6.45, 7) is 10.9. The highest BCUT2D eigenvalue weighted by atomic mass is 16.5. The molecular formula is C16H26O3. The quantitative estimate of drug-likeness (QED) is 0.707. The zero-order valence-electron chi connectivity index (χ0n) is 12.7. The van der Waals surface area contributed by atoms with E-state index in [-0.39, 0.29) is 18.3 Å². The van der Waals surface area contributed by atoms with Gasteiger partial charge in [0.2, 0.25) is 0 Å². The molecule has 3 heteroatoms. The molecule has 0 saturated carbocycles. The number of carbonyl (C=O) groups excluding carboxylic acids is 1. The Morgan fingerprint density at radius 3 is 2.21 bits per heavy atom. The molecule has 0 heterocycles. The lowest BCUT2D eigenvalue weighted by molar-refractivity contribution is -0.126. The number of aryl methyl sites for hydroxylation is 1. The molecule has 0 radical (unpaired) electrons. The Bertz CT molecular complexity index is 342. The topological polar surface area (TPSA) is 35.5 Å². The maximum atomic E-state index is 11.2. The van der Waals surface area contributed by atoms with E-state index in [1.165, 1.54) is 5.56 Å². The normalized spacial score (nSPS) is 9.79. The minimum atomic E-state index is 0.0352. The van der Waals surface area contributed by atoms with Crippen molar-refractivity contribution in [1.29, 1.82) is 0 Å². The minimum absolute atomic E-state index is 0.0352. The van der Waals surface area contributed by atoms with Crippen LogP contribution in [0, 0.1) is 12.8 Å². The molecule has 0 saturated heterocycles. The van der Waals surface area contributed by atoms with Gasteiger partial charge in [0, 0.05) is 5.92 Å². The van der Waals surface area contributed by atoms with Gasteiger partial charge in [0.1, 0.15) is 19.0 Å². The van der Waals surface area contributed by atoms with Gasteiger partial charge in [0.15, 0.2) is 5.78 Å². The first kappa shape index (κ1) is 17.6. The van der Waals surface area contributed by atoms with E-state index < -0.39 is 0 Å². The van der Waals surface area contributed by atoms with Crippen molar-refractivity contribution >= 4 is 5.78 Å². The summed E-state index contributed by atoms with van der Waals surface area (Å²) < 4.78 is 10.7. The van der Waals surface area contributed by atoms with E-state index in [2.05, 4.69) is 0 Å². The molecule has 0 aliphatic rings. The van der Waals surface area contributed by atoms with Crippen LogP contribution in [0.15, 0.2) is 24.3 Å². The van der Waals surface area contributed by atoms with Crippen molar-refractivity contribution in [2.75, 3.05) is 19.8 Å². The summed E-state index contributed by atoms with van der Waals surface area (Å²) in [5, 5.41) is 0. The fraction of sp³-hybridized carbons (Fsp3) is 0.562. The second kappa shape index (κ2) is 10.6. The van der Waals surface area contributed by atoms with Gasteiger partial charge in [-0.15, -0.1) is 0 Å². The zero-order chi connectivity index (χ0) is 14.7. The highest BCUT2D eigenvalue weighted by Crippen LogP contribution is 2.10. The largest absolute Gasteiger partial charge is 0.491 e. The van der Waals surface area contributed by atoms with Gasteiger partial charge in [-0.25, -0.2) is 0 Å². The van der Waals surface area contributed by atoms with Crippen molar-refractivity contribution in [2.45, 2.75) is 34.6 Å². The van der Waals surface area contributed by atoms with Crippen LogP contribution >= 0.6 is 0 Å². The van der Waals surface area contributed by atoms with Crippen molar-refractivity contribution in [1.82, 2.24) is 0 Å². The standard InChI is InChI=1S/C14H20O3.C2H6/c1-11(2)14(15)10-16-8-9-17-13-6-4-12(3)5-7-13;1-2/h4-7,11H,8-10H2,1-3H3;1-2H3. The van der Waals surface area contributed by atoms with E-state index in [0.717, 1.165) is 5.75 Å². The fourth-order valence-electron chi connectivity index (χ4n) is 1.19. The Labute approximate surface area is 116 Å². The molecule has 108 valence electrons. The van der Waals surface area contributed by atoms with Crippen molar-refractivity contribution in [3.63, 3.8) is 0 Å². The molecule has 0 atom stereocenters. The summed E-state index contributed by atoms with van der Waals surface area (Å²) in [7, 11) is 0. The van der Waals surface area contributed by atoms with Crippen LogP contribution < -0.4 is 4.74 Å². The predicted molar refractivity (Wildman–Crippen MR) is 78.7 cm³/mol. The molecular weight excluding hydrogens is 240 g/mol. The van der Waals surface area contributed by atoms with Crippen LogP contribution in [0.4, 0.5) is 0 Å². The lowest BCUT2D eigenvalue weighted by atomic mass is 10.1. The molecule has 19 heavy (non-hydrogen) atoms. The first-order valence-electron chi connectivity index (χ1n) is 6.89. The van der Waals surface area contributed by atoms with E-state index in [1.54, 1.807) is 0 Å². The van der Waals surface area contributed by atoms with Crippen LogP contribution in [0.5, 0.6) is 5.75 Å². The molecule has 1 aromatic rings. The molecule has 0 aliphatic heterocycles. The first-order chi connectivity index (χ1) is 9.09. The monoisotopic (exact) mass is 266 g/mol. The number of ether oxygens (including phenoxy) is 2. The summed E-state index contributed by atoms with van der Waals surface area (Å²) in [6, 6.07) is 7.85. The molecule has 0 fully saturated rings. The van der Waals surface area contributed by atoms with E-state index >= 15 is 0 Å². The average molecular weight is 266 g/mol. The van der Waals surface area contributed by atoms with Crippen LogP contribution in [-0.4, -0.2) is 25.6 Å². The maximum Gasteiger partial charge on any atom is 0.160 e. The number of Topliss-reactive ketones (excluding diaryl/α,β-unsaturated/α-hetero) is 1. The fourth-order valence-corrected chi connectivity index (χ4v) is 1.19. The molecule has 0 amide bonds. The van der Waals surface area contributed by atoms with Crippen molar-refractivity contribution in [3.05, 3.63) is 29.8 Å². The first-order valence-corrected chi connectivity index (χ1v) is 6.89. The van der Waals surface area contributed by atoms with Crippen molar-refractivity contribution in [2.24, 2.45) is 5.92 Å². The van der Waals surface area contributed by atoms with Gasteiger partial charge in [-0.05, 0) is 19.1 Å². The summed E-state index contributed by atoms with van der Waals surface area (Å²) in [5.74, 6) is 0.989. The highest BCUT2D eigenvalue weighted by Gasteiger charge is 2.06. The molecule has 0 unspecified atom stereocenters. The van der Waals surface area contributed by atoms with Crippen LogP contribution in [0.1, 0.15) is 33.3 Å². The third-order valence-corrected chi connectivity index (χ3v) is 2.41. The SMILES string of the molecule is CC.Cc1ccc(OCCOCC(=O)C(C)C)cc1. The molecule has 0 spiro atoms. The second-order valence-corrected chi connectivity index (χ2v) is 4.34. The van der Waals surface area contributed by atoms with E-state index in [9.17, 15) is 4.79 Å². The molecule has 0 aliphatic carbocycles. The van der Waals surface area contributed by atoms with Gasteiger partial charge in [-0.2, -0.15) is 0 Å². The number of hydrogen-bond acceptors (Lipinski definition) is 3. The number of carbonyl (C=O) groups is 1. The summed E-state index contributed by atoms with van der Waals surface area (Å²) >= 11 is 0. The molecule has 0 N–H and O–H groups in total. The molecule has 3 nitrogen and oxygen atoms in total. The van der Waals surface area contributed by atoms with Gasteiger partial charge >= 0.3 is 0 Å². The Balaban J connectivity index is 0.00000154. The lowest BCUT2D eigenvalue weighted by Gasteiger charge is -2.08. The summed E-state index contributed by atoms with van der Waals surface area (Å²) in [6.07, 6.45) is 0. The van der Waals surface area contributed by atoms with Crippen LogP contribution in [0.3, 0.4) is 0 Å². The third-order valence-electron chi connectivity index (χ3n) is 2.41. The molecule has 0 aromatic heterocycles. The summed E-state index contributed by atoms with van der Waals surface area (Å²) in [4.78, 5) is 11.2. The van der Waals surface area contributed by atoms with Gasteiger partial charge in [-0.1, -0.05) is 45.4 Å². The number of rotatable bonds is 7. The number of hydrogen-bond donors (Lipinski definition) is 0. The third kappa shape index (κ3) is 8.38. The second-order valence-electron chi connectivity index (χ2n) is 4.34.